The van der Waals surface area contributed by atoms with Crippen molar-refractivity contribution >= 4 is 44.6 Å². The van der Waals surface area contributed by atoms with Crippen LogP contribution in [0.15, 0.2) is 85.5 Å². The number of furan rings is 1. The molecule has 0 N–H and O–H groups in total. The summed E-state index contributed by atoms with van der Waals surface area (Å²) in [6, 6.07) is 20.5. The Morgan fingerprint density at radius 1 is 1.11 bits per heavy atom. The molecule has 5 aromatic rings. The summed E-state index contributed by atoms with van der Waals surface area (Å²) in [4.78, 5) is 18.5. The quantitative estimate of drug-likeness (QED) is 0.188. The minimum absolute atomic E-state index is 0.210. The summed E-state index contributed by atoms with van der Waals surface area (Å²) in [6.45, 7) is 6.17. The maximum Gasteiger partial charge on any atom is 0.282 e. The van der Waals surface area contributed by atoms with Crippen LogP contribution in [0.2, 0.25) is 5.02 Å². The molecule has 2 heterocycles. The third-order valence-electron chi connectivity index (χ3n) is 6.32. The first-order chi connectivity index (χ1) is 18.3. The third kappa shape index (κ3) is 4.91. The van der Waals surface area contributed by atoms with Gasteiger partial charge in [0.15, 0.2) is 5.82 Å². The molecule has 192 valence electrons. The molecule has 0 unspecified atom stereocenters. The average molecular weight is 591 g/mol. The summed E-state index contributed by atoms with van der Waals surface area (Å²) in [5, 5.41) is 5.62. The number of benzene rings is 3. The number of nitrogens with zero attached hydrogens (tertiary/aromatic N) is 3. The summed E-state index contributed by atoms with van der Waals surface area (Å²) in [5.74, 6) is 2.58. The van der Waals surface area contributed by atoms with Gasteiger partial charge >= 0.3 is 0 Å². The van der Waals surface area contributed by atoms with Crippen molar-refractivity contribution in [3.8, 4) is 28.5 Å². The maximum absolute atomic E-state index is 13.6. The van der Waals surface area contributed by atoms with Gasteiger partial charge < -0.3 is 9.15 Å². The largest absolute Gasteiger partial charge is 0.496 e. The summed E-state index contributed by atoms with van der Waals surface area (Å²) in [5.41, 5.74) is 3.92. The van der Waals surface area contributed by atoms with E-state index in [0.29, 0.717) is 33.3 Å². The minimum Gasteiger partial charge on any atom is -0.496 e. The lowest BCUT2D eigenvalue weighted by atomic mass is 9.96. The first-order valence-corrected chi connectivity index (χ1v) is 13.2. The van der Waals surface area contributed by atoms with Gasteiger partial charge in [0.2, 0.25) is 0 Å². The van der Waals surface area contributed by atoms with Gasteiger partial charge in [-0.1, -0.05) is 43.6 Å². The van der Waals surface area contributed by atoms with Crippen molar-refractivity contribution < 1.29 is 9.15 Å². The van der Waals surface area contributed by atoms with Crippen molar-refractivity contribution in [3.63, 3.8) is 0 Å². The highest BCUT2D eigenvalue weighted by molar-refractivity contribution is 9.10. The number of methoxy groups -OCH3 is 1. The molecule has 3 aromatic carbocycles. The van der Waals surface area contributed by atoms with Crippen LogP contribution in [0, 0.1) is 6.92 Å². The number of hydrogen-bond acceptors (Lipinski definition) is 5. The van der Waals surface area contributed by atoms with Crippen LogP contribution in [0.5, 0.6) is 5.75 Å². The molecule has 8 heteroatoms. The van der Waals surface area contributed by atoms with Crippen molar-refractivity contribution in [3.05, 3.63) is 103 Å². The SMILES string of the molecule is COc1cc(C)c(-c2nc3ccccc3c(=O)n2N=Cc2ccc(-c3ccc(Br)c(Cl)c3)o2)cc1C(C)C. The predicted octanol–water partition coefficient (Wildman–Crippen LogP) is 8.06. The summed E-state index contributed by atoms with van der Waals surface area (Å²) < 4.78 is 13.7. The zero-order valence-corrected chi connectivity index (χ0v) is 23.7. The summed E-state index contributed by atoms with van der Waals surface area (Å²) in [6.07, 6.45) is 1.52. The Kier molecular flexibility index (Phi) is 7.23. The van der Waals surface area contributed by atoms with Crippen LogP contribution >= 0.6 is 27.5 Å². The summed E-state index contributed by atoms with van der Waals surface area (Å²) >= 11 is 9.65. The lowest BCUT2D eigenvalue weighted by Gasteiger charge is -2.17. The van der Waals surface area contributed by atoms with Gasteiger partial charge in [0.1, 0.15) is 17.3 Å². The van der Waals surface area contributed by atoms with Crippen molar-refractivity contribution in [2.24, 2.45) is 5.10 Å². The van der Waals surface area contributed by atoms with Gasteiger partial charge in [-0.3, -0.25) is 4.79 Å². The van der Waals surface area contributed by atoms with Crippen LogP contribution in [-0.2, 0) is 0 Å². The number of halogens is 2. The fourth-order valence-electron chi connectivity index (χ4n) is 4.31. The van der Waals surface area contributed by atoms with E-state index >= 15 is 0 Å². The Morgan fingerprint density at radius 3 is 2.63 bits per heavy atom. The van der Waals surface area contributed by atoms with Crippen LogP contribution in [0.1, 0.15) is 36.7 Å². The van der Waals surface area contributed by atoms with Crippen LogP contribution < -0.4 is 10.3 Å². The van der Waals surface area contributed by atoms with E-state index in [1.807, 2.05) is 61.5 Å². The molecular formula is C30H25BrClN3O3. The number of aromatic nitrogens is 2. The molecule has 0 amide bonds. The van der Waals surface area contributed by atoms with Crippen molar-refractivity contribution in [2.75, 3.05) is 7.11 Å². The molecule has 0 saturated heterocycles. The Labute approximate surface area is 233 Å². The molecule has 0 atom stereocenters. The van der Waals surface area contributed by atoms with Crippen molar-refractivity contribution in [2.45, 2.75) is 26.7 Å². The molecule has 5 rings (SSSR count). The number of fused-ring (bicyclic) bond motifs is 1. The van der Waals surface area contributed by atoms with Gasteiger partial charge in [-0.15, -0.1) is 0 Å². The molecule has 0 radical (unpaired) electrons. The van der Waals surface area contributed by atoms with E-state index in [-0.39, 0.29) is 11.5 Å². The zero-order valence-electron chi connectivity index (χ0n) is 21.3. The van der Waals surface area contributed by atoms with Crippen LogP contribution in [0.25, 0.3) is 33.6 Å². The van der Waals surface area contributed by atoms with Crippen LogP contribution in [0.3, 0.4) is 0 Å². The number of hydrogen-bond donors (Lipinski definition) is 0. The molecular weight excluding hydrogens is 566 g/mol. The highest BCUT2D eigenvalue weighted by atomic mass is 79.9. The lowest BCUT2D eigenvalue weighted by molar-refractivity contribution is 0.407. The Bertz CT molecular complexity index is 1750. The van der Waals surface area contributed by atoms with Gasteiger partial charge in [0.25, 0.3) is 5.56 Å². The van der Waals surface area contributed by atoms with E-state index in [2.05, 4.69) is 34.9 Å². The first-order valence-electron chi connectivity index (χ1n) is 12.1. The maximum atomic E-state index is 13.6. The Hall–Kier alpha value is -3.68. The Balaban J connectivity index is 1.64. The monoisotopic (exact) mass is 589 g/mol. The molecule has 0 fully saturated rings. The molecule has 38 heavy (non-hydrogen) atoms. The van der Waals surface area contributed by atoms with E-state index in [4.69, 9.17) is 25.7 Å². The molecule has 2 aromatic heterocycles. The van der Waals surface area contributed by atoms with Crippen molar-refractivity contribution in [1.82, 2.24) is 9.66 Å². The van der Waals surface area contributed by atoms with E-state index in [1.54, 1.807) is 19.2 Å². The lowest BCUT2D eigenvalue weighted by Crippen LogP contribution is -2.20. The van der Waals surface area contributed by atoms with Crippen molar-refractivity contribution in [1.29, 1.82) is 0 Å². The van der Waals surface area contributed by atoms with Gasteiger partial charge in [-0.05, 0) is 88.4 Å². The predicted molar refractivity (Wildman–Crippen MR) is 157 cm³/mol. The van der Waals surface area contributed by atoms with E-state index < -0.39 is 0 Å². The van der Waals surface area contributed by atoms with E-state index in [0.717, 1.165) is 32.5 Å². The molecule has 0 aliphatic heterocycles. The fourth-order valence-corrected chi connectivity index (χ4v) is 4.74. The average Bonchev–Trinajstić information content (AvgIpc) is 3.38. The van der Waals surface area contributed by atoms with Gasteiger partial charge in [0, 0.05) is 15.6 Å². The molecule has 0 bridgehead atoms. The molecule has 0 aliphatic rings. The zero-order chi connectivity index (χ0) is 27.0. The van der Waals surface area contributed by atoms with Gasteiger partial charge in [-0.2, -0.15) is 9.78 Å². The highest BCUT2D eigenvalue weighted by Crippen LogP contribution is 2.34. The minimum atomic E-state index is -0.269. The standard InChI is InChI=1S/C30H25BrClN3O3/c1-17(2)22-15-23(18(3)13-28(22)37-4)29-34-26-8-6-5-7-21(26)30(36)35(29)33-16-20-10-12-27(38-20)19-9-11-24(31)25(32)14-19/h5-17H,1-4H3. The smallest absolute Gasteiger partial charge is 0.282 e. The molecule has 6 nitrogen and oxygen atoms in total. The molecule has 0 saturated carbocycles. The second kappa shape index (κ2) is 10.6. The van der Waals surface area contributed by atoms with Gasteiger partial charge in [0.05, 0.1) is 29.2 Å². The second-order valence-corrected chi connectivity index (χ2v) is 10.5. The number of para-hydroxylation sites is 1. The molecule has 0 aliphatic carbocycles. The van der Waals surface area contributed by atoms with Gasteiger partial charge in [-0.25, -0.2) is 4.98 Å². The second-order valence-electron chi connectivity index (χ2n) is 9.21. The first kappa shape index (κ1) is 25.9. The summed E-state index contributed by atoms with van der Waals surface area (Å²) in [7, 11) is 1.66. The topological polar surface area (TPSA) is 69.6 Å². The van der Waals surface area contributed by atoms with E-state index in [1.165, 1.54) is 10.9 Å². The number of aryl methyl sites for hydroxylation is 1. The molecule has 0 spiro atoms. The van der Waals surface area contributed by atoms with Crippen LogP contribution in [-0.4, -0.2) is 23.0 Å². The third-order valence-corrected chi connectivity index (χ3v) is 7.56. The van der Waals surface area contributed by atoms with E-state index in [9.17, 15) is 4.79 Å². The number of rotatable bonds is 6. The highest BCUT2D eigenvalue weighted by Gasteiger charge is 2.18. The normalized spacial score (nSPS) is 11.7. The number of ether oxygens (including phenoxy) is 1. The fraction of sp³-hybridized carbons (Fsp3) is 0.167. The Morgan fingerprint density at radius 2 is 1.89 bits per heavy atom. The van der Waals surface area contributed by atoms with Crippen LogP contribution in [0.4, 0.5) is 0 Å².